The van der Waals surface area contributed by atoms with Gasteiger partial charge in [0.05, 0.1) is 0 Å². The molecule has 0 aliphatic heterocycles. The molecule has 0 heterocycles. The maximum atomic E-state index is 12.9. The summed E-state index contributed by atoms with van der Waals surface area (Å²) in [5, 5.41) is 4.81. The molecule has 0 aromatic heterocycles. The second-order valence-electron chi connectivity index (χ2n) is 5.36. The van der Waals surface area contributed by atoms with Crippen molar-refractivity contribution < 1.29 is 23.1 Å². The van der Waals surface area contributed by atoms with Crippen LogP contribution in [-0.2, 0) is 9.53 Å². The van der Waals surface area contributed by atoms with Crippen LogP contribution in [0.1, 0.15) is 27.2 Å². The third kappa shape index (κ3) is 6.69. The molecule has 0 aliphatic rings. The maximum Gasteiger partial charge on any atom is 0.407 e. The van der Waals surface area contributed by atoms with Gasteiger partial charge >= 0.3 is 6.09 Å². The minimum absolute atomic E-state index is 0.0156. The van der Waals surface area contributed by atoms with Gasteiger partial charge in [0.1, 0.15) is 5.60 Å². The van der Waals surface area contributed by atoms with E-state index in [0.717, 1.165) is 12.1 Å². The first-order chi connectivity index (χ1) is 9.67. The molecule has 5 nitrogen and oxygen atoms in total. The predicted octanol–water partition coefficient (Wildman–Crippen LogP) is 2.82. The Labute approximate surface area is 121 Å². The first-order valence-corrected chi connectivity index (χ1v) is 6.39. The molecule has 0 bridgehead atoms. The van der Waals surface area contributed by atoms with Crippen LogP contribution < -0.4 is 10.6 Å². The van der Waals surface area contributed by atoms with Crippen LogP contribution in [-0.4, -0.2) is 24.1 Å². The summed E-state index contributed by atoms with van der Waals surface area (Å²) in [4.78, 5) is 22.9. The summed E-state index contributed by atoms with van der Waals surface area (Å²) in [5.74, 6) is -2.46. The van der Waals surface area contributed by atoms with Gasteiger partial charge in [-0.1, -0.05) is 0 Å². The number of amides is 2. The smallest absolute Gasteiger partial charge is 0.407 e. The second-order valence-corrected chi connectivity index (χ2v) is 5.36. The fraction of sp³-hybridized carbons (Fsp3) is 0.429. The zero-order valence-corrected chi connectivity index (χ0v) is 12.1. The molecule has 0 spiro atoms. The van der Waals surface area contributed by atoms with Crippen LogP contribution >= 0.6 is 0 Å². The number of carbonyl (C=O) groups excluding carboxylic acids is 2. The number of nitrogens with one attached hydrogen (secondary N) is 2. The molecule has 2 amide bonds. The normalized spacial score (nSPS) is 10.9. The molecule has 1 aromatic rings. The molecule has 1 aromatic carbocycles. The molecule has 0 radical (unpaired) electrons. The fourth-order valence-electron chi connectivity index (χ4n) is 1.39. The van der Waals surface area contributed by atoms with E-state index >= 15 is 0 Å². The molecule has 0 unspecified atom stereocenters. The van der Waals surface area contributed by atoms with Crippen LogP contribution in [0.2, 0.25) is 0 Å². The maximum absolute atomic E-state index is 12.9. The Morgan fingerprint density at radius 1 is 1.19 bits per heavy atom. The summed E-state index contributed by atoms with van der Waals surface area (Å²) in [6.07, 6.45) is -0.638. The summed E-state index contributed by atoms with van der Waals surface area (Å²) >= 11 is 0. The lowest BCUT2D eigenvalue weighted by molar-refractivity contribution is -0.116. The van der Waals surface area contributed by atoms with E-state index in [2.05, 4.69) is 10.6 Å². The number of hydrogen-bond acceptors (Lipinski definition) is 3. The zero-order chi connectivity index (χ0) is 16.0. The molecule has 7 heteroatoms. The van der Waals surface area contributed by atoms with Crippen molar-refractivity contribution in [2.24, 2.45) is 0 Å². The van der Waals surface area contributed by atoms with E-state index < -0.39 is 29.2 Å². The lowest BCUT2D eigenvalue weighted by atomic mass is 10.2. The molecule has 21 heavy (non-hydrogen) atoms. The molecule has 2 N–H and O–H groups in total. The van der Waals surface area contributed by atoms with Crippen molar-refractivity contribution in [3.63, 3.8) is 0 Å². The average molecular weight is 300 g/mol. The van der Waals surface area contributed by atoms with Crippen LogP contribution in [0.4, 0.5) is 19.3 Å². The zero-order valence-electron chi connectivity index (χ0n) is 12.1. The Hall–Kier alpha value is -2.18. The first kappa shape index (κ1) is 16.9. The molecule has 1 rings (SSSR count). The van der Waals surface area contributed by atoms with Crippen molar-refractivity contribution in [2.45, 2.75) is 32.8 Å². The van der Waals surface area contributed by atoms with E-state index in [0.29, 0.717) is 0 Å². The number of carbonyl (C=O) groups is 2. The standard InChI is InChI=1S/C14H18F2N2O3/c1-14(2,3)21-13(20)17-7-6-12(19)18-9-4-5-10(15)11(16)8-9/h4-5,8H,6-7H2,1-3H3,(H,17,20)(H,18,19). The Morgan fingerprint density at radius 2 is 1.86 bits per heavy atom. The van der Waals surface area contributed by atoms with Gasteiger partial charge in [-0.05, 0) is 32.9 Å². The molecular weight excluding hydrogens is 282 g/mol. The number of halogens is 2. The van der Waals surface area contributed by atoms with E-state index in [9.17, 15) is 18.4 Å². The number of anilines is 1. The second kappa shape index (κ2) is 7.01. The fourth-order valence-corrected chi connectivity index (χ4v) is 1.39. The lowest BCUT2D eigenvalue weighted by Gasteiger charge is -2.19. The van der Waals surface area contributed by atoms with Gasteiger partial charge in [0.15, 0.2) is 11.6 Å². The Morgan fingerprint density at radius 3 is 2.43 bits per heavy atom. The number of rotatable bonds is 4. The molecule has 0 atom stereocenters. The van der Waals surface area contributed by atoms with Gasteiger partial charge in [-0.3, -0.25) is 4.79 Å². The van der Waals surface area contributed by atoms with Gasteiger partial charge in [-0.2, -0.15) is 0 Å². The quantitative estimate of drug-likeness (QED) is 0.898. The highest BCUT2D eigenvalue weighted by molar-refractivity contribution is 5.91. The van der Waals surface area contributed by atoms with Gasteiger partial charge in [-0.25, -0.2) is 13.6 Å². The van der Waals surface area contributed by atoms with Crippen LogP contribution in [0.25, 0.3) is 0 Å². The summed E-state index contributed by atoms with van der Waals surface area (Å²) in [7, 11) is 0. The molecule has 0 saturated carbocycles. The van der Waals surface area contributed by atoms with Crippen molar-refractivity contribution in [3.05, 3.63) is 29.8 Å². The van der Waals surface area contributed by atoms with Gasteiger partial charge in [-0.15, -0.1) is 0 Å². The third-order valence-corrected chi connectivity index (χ3v) is 2.22. The van der Waals surface area contributed by atoms with Gasteiger partial charge in [0, 0.05) is 24.7 Å². The van der Waals surface area contributed by atoms with Gasteiger partial charge in [0.2, 0.25) is 5.91 Å². The van der Waals surface area contributed by atoms with Crippen molar-refractivity contribution in [3.8, 4) is 0 Å². The lowest BCUT2D eigenvalue weighted by Crippen LogP contribution is -2.34. The molecule has 0 aliphatic carbocycles. The summed E-state index contributed by atoms with van der Waals surface area (Å²) in [6.45, 7) is 5.25. The Bertz CT molecular complexity index is 527. The van der Waals surface area contributed by atoms with Crippen molar-refractivity contribution in [1.29, 1.82) is 0 Å². The molecule has 0 saturated heterocycles. The highest BCUT2D eigenvalue weighted by atomic mass is 19.2. The summed E-state index contributed by atoms with van der Waals surface area (Å²) in [5.41, 5.74) is -0.464. The Kier molecular flexibility index (Phi) is 5.63. The van der Waals surface area contributed by atoms with E-state index in [-0.39, 0.29) is 18.7 Å². The average Bonchev–Trinajstić information content (AvgIpc) is 2.31. The van der Waals surface area contributed by atoms with Crippen LogP contribution in [0.3, 0.4) is 0 Å². The number of benzene rings is 1. The highest BCUT2D eigenvalue weighted by Crippen LogP contribution is 2.13. The number of hydrogen-bond donors (Lipinski definition) is 2. The van der Waals surface area contributed by atoms with Crippen LogP contribution in [0, 0.1) is 11.6 Å². The van der Waals surface area contributed by atoms with Crippen molar-refractivity contribution in [1.82, 2.24) is 5.32 Å². The molecule has 0 fully saturated rings. The SMILES string of the molecule is CC(C)(C)OC(=O)NCCC(=O)Nc1ccc(F)c(F)c1. The number of ether oxygens (including phenoxy) is 1. The van der Waals surface area contributed by atoms with E-state index in [1.54, 1.807) is 20.8 Å². The van der Waals surface area contributed by atoms with Crippen molar-refractivity contribution in [2.75, 3.05) is 11.9 Å². The van der Waals surface area contributed by atoms with Crippen LogP contribution in [0.5, 0.6) is 0 Å². The third-order valence-electron chi connectivity index (χ3n) is 2.22. The van der Waals surface area contributed by atoms with Crippen molar-refractivity contribution >= 4 is 17.7 Å². The minimum atomic E-state index is -1.04. The van der Waals surface area contributed by atoms with Gasteiger partial charge in [0.25, 0.3) is 0 Å². The molecular formula is C14H18F2N2O3. The van der Waals surface area contributed by atoms with Gasteiger partial charge < -0.3 is 15.4 Å². The monoisotopic (exact) mass is 300 g/mol. The predicted molar refractivity (Wildman–Crippen MR) is 73.8 cm³/mol. The van der Waals surface area contributed by atoms with E-state index in [1.807, 2.05) is 0 Å². The summed E-state index contributed by atoms with van der Waals surface area (Å²) < 4.78 is 30.7. The topological polar surface area (TPSA) is 67.4 Å². The molecule has 116 valence electrons. The largest absolute Gasteiger partial charge is 0.444 e. The van der Waals surface area contributed by atoms with E-state index in [1.165, 1.54) is 6.07 Å². The van der Waals surface area contributed by atoms with Crippen LogP contribution in [0.15, 0.2) is 18.2 Å². The highest BCUT2D eigenvalue weighted by Gasteiger charge is 2.15. The summed E-state index contributed by atoms with van der Waals surface area (Å²) in [6, 6.07) is 3.05. The number of alkyl carbamates (subject to hydrolysis) is 1. The first-order valence-electron chi connectivity index (χ1n) is 6.39. The minimum Gasteiger partial charge on any atom is -0.444 e. The van der Waals surface area contributed by atoms with E-state index in [4.69, 9.17) is 4.74 Å². The Balaban J connectivity index is 2.34.